The molecule has 1 aromatic carbocycles. The van der Waals surface area contributed by atoms with Gasteiger partial charge in [0, 0.05) is 19.1 Å². The zero-order valence-electron chi connectivity index (χ0n) is 12.2. The SMILES string of the molecule is CN[C@H]1CCCN(S(=O)(=O)c2ccc(OC)c(C)c2)C1. The van der Waals surface area contributed by atoms with E-state index in [0.717, 1.165) is 18.4 Å². The third kappa shape index (κ3) is 2.97. The third-order valence-electron chi connectivity index (χ3n) is 3.80. The number of sulfonamides is 1. The van der Waals surface area contributed by atoms with Gasteiger partial charge >= 0.3 is 0 Å². The zero-order chi connectivity index (χ0) is 14.8. The Morgan fingerprint density at radius 1 is 1.40 bits per heavy atom. The second-order valence-corrected chi connectivity index (χ2v) is 7.06. The van der Waals surface area contributed by atoms with Gasteiger partial charge in [-0.25, -0.2) is 8.42 Å². The molecule has 1 heterocycles. The van der Waals surface area contributed by atoms with Crippen molar-refractivity contribution >= 4 is 10.0 Å². The molecule has 0 aromatic heterocycles. The number of likely N-dealkylation sites (N-methyl/N-ethyl adjacent to an activating group) is 1. The third-order valence-corrected chi connectivity index (χ3v) is 5.66. The predicted molar refractivity (Wildman–Crippen MR) is 78.6 cm³/mol. The summed E-state index contributed by atoms with van der Waals surface area (Å²) in [5.74, 6) is 0.704. The van der Waals surface area contributed by atoms with Gasteiger partial charge in [-0.1, -0.05) is 0 Å². The van der Waals surface area contributed by atoms with Crippen molar-refractivity contribution in [1.29, 1.82) is 0 Å². The number of piperidine rings is 1. The quantitative estimate of drug-likeness (QED) is 0.912. The molecule has 0 amide bonds. The fraction of sp³-hybridized carbons (Fsp3) is 0.571. The van der Waals surface area contributed by atoms with Crippen molar-refractivity contribution in [3.63, 3.8) is 0 Å². The Balaban J connectivity index is 2.28. The fourth-order valence-corrected chi connectivity index (χ4v) is 4.17. The molecule has 1 saturated heterocycles. The van der Waals surface area contributed by atoms with E-state index >= 15 is 0 Å². The average molecular weight is 298 g/mol. The Kier molecular flexibility index (Phi) is 4.67. The average Bonchev–Trinajstić information content (AvgIpc) is 2.47. The molecule has 0 radical (unpaired) electrons. The Morgan fingerprint density at radius 2 is 2.15 bits per heavy atom. The summed E-state index contributed by atoms with van der Waals surface area (Å²) >= 11 is 0. The van der Waals surface area contributed by atoms with Gasteiger partial charge in [-0.2, -0.15) is 4.31 Å². The van der Waals surface area contributed by atoms with Crippen LogP contribution in [0.15, 0.2) is 23.1 Å². The van der Waals surface area contributed by atoms with Crippen LogP contribution >= 0.6 is 0 Å². The van der Waals surface area contributed by atoms with Crippen molar-refractivity contribution in [2.75, 3.05) is 27.2 Å². The molecule has 6 heteroatoms. The molecular weight excluding hydrogens is 276 g/mol. The van der Waals surface area contributed by atoms with E-state index in [0.29, 0.717) is 23.7 Å². The molecule has 5 nitrogen and oxygen atoms in total. The van der Waals surface area contributed by atoms with Gasteiger partial charge in [-0.05, 0) is 50.6 Å². The van der Waals surface area contributed by atoms with Gasteiger partial charge in [-0.15, -0.1) is 0 Å². The standard InChI is InChI=1S/C14H22N2O3S/c1-11-9-13(6-7-14(11)19-3)20(17,18)16-8-4-5-12(10-16)15-2/h6-7,9,12,15H,4-5,8,10H2,1-3H3/t12-/m0/s1. The molecule has 20 heavy (non-hydrogen) atoms. The molecule has 112 valence electrons. The summed E-state index contributed by atoms with van der Waals surface area (Å²) in [7, 11) is 0.0406. The summed E-state index contributed by atoms with van der Waals surface area (Å²) in [6.07, 6.45) is 1.91. The lowest BCUT2D eigenvalue weighted by atomic mass is 10.1. The molecule has 0 aliphatic carbocycles. The maximum atomic E-state index is 12.7. The van der Waals surface area contributed by atoms with Crippen molar-refractivity contribution in [2.24, 2.45) is 0 Å². The summed E-state index contributed by atoms with van der Waals surface area (Å²) in [4.78, 5) is 0.340. The van der Waals surface area contributed by atoms with Crippen LogP contribution in [-0.2, 0) is 10.0 Å². The first kappa shape index (κ1) is 15.3. The highest BCUT2D eigenvalue weighted by Crippen LogP contribution is 2.25. The number of benzene rings is 1. The van der Waals surface area contributed by atoms with E-state index in [4.69, 9.17) is 4.74 Å². The van der Waals surface area contributed by atoms with Crippen LogP contribution in [0, 0.1) is 6.92 Å². The van der Waals surface area contributed by atoms with E-state index in [1.54, 1.807) is 29.6 Å². The summed E-state index contributed by atoms with van der Waals surface area (Å²) in [5, 5.41) is 3.16. The summed E-state index contributed by atoms with van der Waals surface area (Å²) in [5.41, 5.74) is 0.829. The Labute approximate surface area is 121 Å². The Morgan fingerprint density at radius 3 is 2.75 bits per heavy atom. The predicted octanol–water partition coefficient (Wildman–Crippen LogP) is 1.38. The lowest BCUT2D eigenvalue weighted by molar-refractivity contribution is 0.293. The van der Waals surface area contributed by atoms with E-state index in [9.17, 15) is 8.42 Å². The summed E-state index contributed by atoms with van der Waals surface area (Å²) in [6.45, 7) is 2.97. The van der Waals surface area contributed by atoms with Crippen molar-refractivity contribution in [3.8, 4) is 5.75 Å². The van der Waals surface area contributed by atoms with E-state index in [-0.39, 0.29) is 6.04 Å². The molecule has 1 N–H and O–H groups in total. The van der Waals surface area contributed by atoms with Crippen LogP contribution in [0.3, 0.4) is 0 Å². The molecule has 1 fully saturated rings. The van der Waals surface area contributed by atoms with Gasteiger partial charge in [-0.3, -0.25) is 0 Å². The number of nitrogens with zero attached hydrogens (tertiary/aromatic N) is 1. The van der Waals surface area contributed by atoms with Crippen LogP contribution in [0.25, 0.3) is 0 Å². The van der Waals surface area contributed by atoms with Gasteiger partial charge in [0.15, 0.2) is 0 Å². The van der Waals surface area contributed by atoms with Crippen LogP contribution in [0.4, 0.5) is 0 Å². The minimum absolute atomic E-state index is 0.234. The summed E-state index contributed by atoms with van der Waals surface area (Å²) in [6, 6.07) is 5.24. The molecule has 0 saturated carbocycles. The molecule has 1 aliphatic rings. The van der Waals surface area contributed by atoms with Gasteiger partial charge in [0.2, 0.25) is 10.0 Å². The second kappa shape index (κ2) is 6.11. The van der Waals surface area contributed by atoms with Crippen LogP contribution in [-0.4, -0.2) is 46.0 Å². The van der Waals surface area contributed by atoms with Crippen LogP contribution in [0.1, 0.15) is 18.4 Å². The fourth-order valence-electron chi connectivity index (χ4n) is 2.56. The first-order chi connectivity index (χ1) is 9.48. The summed E-state index contributed by atoms with van der Waals surface area (Å²) < 4.78 is 32.1. The van der Waals surface area contributed by atoms with E-state index in [2.05, 4.69) is 5.32 Å². The van der Waals surface area contributed by atoms with Crippen LogP contribution in [0.5, 0.6) is 5.75 Å². The number of aryl methyl sites for hydroxylation is 1. The zero-order valence-corrected chi connectivity index (χ0v) is 13.0. The highest BCUT2D eigenvalue weighted by Gasteiger charge is 2.29. The lowest BCUT2D eigenvalue weighted by Gasteiger charge is -2.31. The van der Waals surface area contributed by atoms with Gasteiger partial charge < -0.3 is 10.1 Å². The Bertz CT molecular complexity index is 572. The smallest absolute Gasteiger partial charge is 0.243 e. The monoisotopic (exact) mass is 298 g/mol. The number of hydrogen-bond donors (Lipinski definition) is 1. The highest BCUT2D eigenvalue weighted by atomic mass is 32.2. The van der Waals surface area contributed by atoms with Gasteiger partial charge in [0.1, 0.15) is 5.75 Å². The normalized spacial score (nSPS) is 20.9. The minimum atomic E-state index is -3.41. The number of rotatable bonds is 4. The second-order valence-electron chi connectivity index (χ2n) is 5.12. The molecule has 0 bridgehead atoms. The molecule has 0 unspecified atom stereocenters. The molecule has 2 rings (SSSR count). The van der Waals surface area contributed by atoms with Gasteiger partial charge in [0.25, 0.3) is 0 Å². The first-order valence-electron chi connectivity index (χ1n) is 6.81. The largest absolute Gasteiger partial charge is 0.496 e. The van der Waals surface area contributed by atoms with Crippen LogP contribution < -0.4 is 10.1 Å². The minimum Gasteiger partial charge on any atom is -0.496 e. The maximum Gasteiger partial charge on any atom is 0.243 e. The van der Waals surface area contributed by atoms with E-state index in [1.807, 2.05) is 14.0 Å². The first-order valence-corrected chi connectivity index (χ1v) is 8.25. The van der Waals surface area contributed by atoms with Crippen molar-refractivity contribution in [2.45, 2.75) is 30.7 Å². The van der Waals surface area contributed by atoms with Crippen molar-refractivity contribution < 1.29 is 13.2 Å². The topological polar surface area (TPSA) is 58.6 Å². The van der Waals surface area contributed by atoms with E-state index in [1.165, 1.54) is 0 Å². The van der Waals surface area contributed by atoms with Crippen molar-refractivity contribution in [1.82, 2.24) is 9.62 Å². The molecular formula is C14H22N2O3S. The van der Waals surface area contributed by atoms with E-state index < -0.39 is 10.0 Å². The number of ether oxygens (including phenoxy) is 1. The molecule has 0 spiro atoms. The lowest BCUT2D eigenvalue weighted by Crippen LogP contribution is -2.46. The molecule has 1 atom stereocenters. The number of methoxy groups -OCH3 is 1. The maximum absolute atomic E-state index is 12.7. The number of hydrogen-bond acceptors (Lipinski definition) is 4. The Hall–Kier alpha value is -1.11. The molecule has 1 aromatic rings. The van der Waals surface area contributed by atoms with Gasteiger partial charge in [0.05, 0.1) is 12.0 Å². The highest BCUT2D eigenvalue weighted by molar-refractivity contribution is 7.89. The number of nitrogens with one attached hydrogen (secondary N) is 1. The molecule has 1 aliphatic heterocycles. The van der Waals surface area contributed by atoms with Crippen molar-refractivity contribution in [3.05, 3.63) is 23.8 Å². The van der Waals surface area contributed by atoms with Crippen LogP contribution in [0.2, 0.25) is 0 Å².